The second-order valence-electron chi connectivity index (χ2n) is 5.85. The third-order valence-electron chi connectivity index (χ3n) is 4.49. The molecule has 4 aliphatic carbocycles. The Morgan fingerprint density at radius 2 is 1.45 bits per heavy atom. The topological polar surface area (TPSA) is 9.23 Å². The fourth-order valence-electron chi connectivity index (χ4n) is 3.19. The minimum Gasteiger partial charge on any atom is -0.496 e. The van der Waals surface area contributed by atoms with Gasteiger partial charge in [-0.1, -0.05) is 24.3 Å². The molecule has 4 bridgehead atoms. The van der Waals surface area contributed by atoms with E-state index in [2.05, 4.69) is 44.2 Å². The van der Waals surface area contributed by atoms with Crippen LogP contribution in [0.1, 0.15) is 33.4 Å². The van der Waals surface area contributed by atoms with Crippen LogP contribution in [0.4, 0.5) is 0 Å². The van der Waals surface area contributed by atoms with Crippen LogP contribution in [-0.2, 0) is 25.7 Å². The Kier molecular flexibility index (Phi) is 3.52. The molecule has 2 aromatic carbocycles. The van der Waals surface area contributed by atoms with Crippen LogP contribution in [-0.4, -0.2) is 7.11 Å². The van der Waals surface area contributed by atoms with Crippen molar-refractivity contribution in [1.29, 1.82) is 0 Å². The first-order valence-corrected chi connectivity index (χ1v) is 7.42. The van der Waals surface area contributed by atoms with Gasteiger partial charge < -0.3 is 4.74 Å². The molecule has 0 aliphatic heterocycles. The fourth-order valence-corrected chi connectivity index (χ4v) is 3.19. The minimum absolute atomic E-state index is 1.05. The molecule has 0 radical (unpaired) electrons. The lowest BCUT2D eigenvalue weighted by Gasteiger charge is -2.17. The maximum Gasteiger partial charge on any atom is 0.122 e. The molecule has 104 valence electrons. The number of hydrogen-bond donors (Lipinski definition) is 0. The Labute approximate surface area is 121 Å². The lowest BCUT2D eigenvalue weighted by atomic mass is 9.91. The summed E-state index contributed by atoms with van der Waals surface area (Å²) in [6.45, 7) is 4.45. The Bertz CT molecular complexity index is 640. The first-order valence-electron chi connectivity index (χ1n) is 7.42. The average Bonchev–Trinajstić information content (AvgIpc) is 2.43. The van der Waals surface area contributed by atoms with Crippen molar-refractivity contribution in [2.45, 2.75) is 39.5 Å². The van der Waals surface area contributed by atoms with Gasteiger partial charge in [-0.2, -0.15) is 0 Å². The summed E-state index contributed by atoms with van der Waals surface area (Å²) in [5.74, 6) is 1.05. The molecule has 4 aliphatic rings. The zero-order chi connectivity index (χ0) is 14.1. The Balaban J connectivity index is 2.07. The molecule has 0 atom stereocenters. The summed E-state index contributed by atoms with van der Waals surface area (Å²) >= 11 is 0. The molecule has 0 spiro atoms. The number of rotatable bonds is 1. The van der Waals surface area contributed by atoms with E-state index in [4.69, 9.17) is 4.74 Å². The van der Waals surface area contributed by atoms with Gasteiger partial charge in [-0.3, -0.25) is 0 Å². The number of ether oxygens (including phenoxy) is 1. The number of aryl methyl sites for hydroxylation is 6. The maximum atomic E-state index is 5.59. The molecule has 0 N–H and O–H groups in total. The van der Waals surface area contributed by atoms with Gasteiger partial charge in [0.2, 0.25) is 0 Å². The minimum atomic E-state index is 1.05. The molecule has 0 fully saturated rings. The van der Waals surface area contributed by atoms with Gasteiger partial charge in [-0.05, 0) is 79.0 Å². The van der Waals surface area contributed by atoms with E-state index in [1.807, 2.05) is 0 Å². The van der Waals surface area contributed by atoms with Crippen molar-refractivity contribution in [1.82, 2.24) is 0 Å². The van der Waals surface area contributed by atoms with Crippen molar-refractivity contribution in [3.63, 3.8) is 0 Å². The van der Waals surface area contributed by atoms with E-state index in [1.54, 1.807) is 7.11 Å². The highest BCUT2D eigenvalue weighted by Crippen LogP contribution is 2.27. The first kappa shape index (κ1) is 13.2. The molecule has 1 heteroatoms. The highest BCUT2D eigenvalue weighted by molar-refractivity contribution is 5.44. The summed E-state index contributed by atoms with van der Waals surface area (Å²) in [4.78, 5) is 0. The van der Waals surface area contributed by atoms with E-state index < -0.39 is 0 Å². The van der Waals surface area contributed by atoms with Crippen molar-refractivity contribution in [2.75, 3.05) is 7.11 Å². The number of methoxy groups -OCH3 is 1. The van der Waals surface area contributed by atoms with Crippen molar-refractivity contribution >= 4 is 0 Å². The van der Waals surface area contributed by atoms with Gasteiger partial charge in [0.1, 0.15) is 5.75 Å². The smallest absolute Gasteiger partial charge is 0.122 e. The van der Waals surface area contributed by atoms with Crippen LogP contribution in [0.5, 0.6) is 5.75 Å². The highest BCUT2D eigenvalue weighted by Gasteiger charge is 2.11. The third-order valence-corrected chi connectivity index (χ3v) is 4.49. The monoisotopic (exact) mass is 266 g/mol. The second kappa shape index (κ2) is 5.32. The van der Waals surface area contributed by atoms with Crippen LogP contribution in [0.25, 0.3) is 0 Å². The molecule has 0 unspecified atom stereocenters. The fraction of sp³-hybridized carbons (Fsp3) is 0.368. The standard InChI is InChI=1S/C19H22O/c1-13-10-15-4-6-16(13)8-9-18-11-14(2)17(7-5-15)12-19(18)20-3/h4,6,10-12H,5,7-9H2,1-3H3. The summed E-state index contributed by atoms with van der Waals surface area (Å²) in [6, 6.07) is 11.5. The lowest BCUT2D eigenvalue weighted by Crippen LogP contribution is -2.04. The summed E-state index contributed by atoms with van der Waals surface area (Å²) in [7, 11) is 1.78. The number of hydrogen-bond acceptors (Lipinski definition) is 1. The Hall–Kier alpha value is -1.76. The normalized spacial score (nSPS) is 13.9. The maximum absolute atomic E-state index is 5.59. The van der Waals surface area contributed by atoms with E-state index in [0.717, 1.165) is 31.4 Å². The van der Waals surface area contributed by atoms with Gasteiger partial charge in [-0.25, -0.2) is 0 Å². The predicted octanol–water partition coefficient (Wildman–Crippen LogP) is 4.20. The zero-order valence-electron chi connectivity index (χ0n) is 12.6. The van der Waals surface area contributed by atoms with Gasteiger partial charge >= 0.3 is 0 Å². The summed E-state index contributed by atoms with van der Waals surface area (Å²) in [5, 5.41) is 0. The molecule has 0 heterocycles. The molecule has 0 aromatic heterocycles. The lowest BCUT2D eigenvalue weighted by molar-refractivity contribution is 0.409. The van der Waals surface area contributed by atoms with Gasteiger partial charge in [0.05, 0.1) is 7.11 Å². The molecular formula is C19H22O. The third kappa shape index (κ3) is 2.45. The molecular weight excluding hydrogens is 244 g/mol. The molecule has 20 heavy (non-hydrogen) atoms. The summed E-state index contributed by atoms with van der Waals surface area (Å²) in [5.41, 5.74) is 8.46. The SMILES string of the molecule is COc1cc2c(C)cc1CCc1ccc(cc1C)CC2. The summed E-state index contributed by atoms with van der Waals surface area (Å²) in [6.07, 6.45) is 4.32. The largest absolute Gasteiger partial charge is 0.496 e. The number of benzene rings is 2. The summed E-state index contributed by atoms with van der Waals surface area (Å²) < 4.78 is 5.59. The van der Waals surface area contributed by atoms with Crippen LogP contribution in [0.3, 0.4) is 0 Å². The van der Waals surface area contributed by atoms with Crippen molar-refractivity contribution in [3.8, 4) is 5.75 Å². The molecule has 2 aromatic rings. The van der Waals surface area contributed by atoms with E-state index in [1.165, 1.54) is 33.4 Å². The van der Waals surface area contributed by atoms with Crippen molar-refractivity contribution in [2.24, 2.45) is 0 Å². The van der Waals surface area contributed by atoms with Gasteiger partial charge in [0.25, 0.3) is 0 Å². The van der Waals surface area contributed by atoms with Crippen LogP contribution in [0.15, 0.2) is 30.3 Å². The molecule has 0 saturated heterocycles. The van der Waals surface area contributed by atoms with Crippen molar-refractivity contribution < 1.29 is 4.74 Å². The van der Waals surface area contributed by atoms with Crippen molar-refractivity contribution in [3.05, 3.63) is 63.7 Å². The van der Waals surface area contributed by atoms with E-state index in [9.17, 15) is 0 Å². The van der Waals surface area contributed by atoms with Gasteiger partial charge in [0, 0.05) is 0 Å². The van der Waals surface area contributed by atoms with Crippen LogP contribution in [0, 0.1) is 13.8 Å². The molecule has 0 saturated carbocycles. The highest BCUT2D eigenvalue weighted by atomic mass is 16.5. The Morgan fingerprint density at radius 3 is 2.20 bits per heavy atom. The van der Waals surface area contributed by atoms with Gasteiger partial charge in [0.15, 0.2) is 0 Å². The first-order chi connectivity index (χ1) is 9.67. The average molecular weight is 266 g/mol. The van der Waals surface area contributed by atoms with E-state index in [-0.39, 0.29) is 0 Å². The van der Waals surface area contributed by atoms with Crippen LogP contribution >= 0.6 is 0 Å². The van der Waals surface area contributed by atoms with E-state index in [0.29, 0.717) is 0 Å². The van der Waals surface area contributed by atoms with E-state index >= 15 is 0 Å². The second-order valence-corrected chi connectivity index (χ2v) is 5.85. The molecule has 1 nitrogen and oxygen atoms in total. The molecule has 0 amide bonds. The Morgan fingerprint density at radius 1 is 0.750 bits per heavy atom. The predicted molar refractivity (Wildman–Crippen MR) is 83.7 cm³/mol. The van der Waals surface area contributed by atoms with Crippen LogP contribution < -0.4 is 4.74 Å². The molecule has 6 rings (SSSR count). The zero-order valence-corrected chi connectivity index (χ0v) is 12.6. The van der Waals surface area contributed by atoms with Gasteiger partial charge in [-0.15, -0.1) is 0 Å². The quantitative estimate of drug-likeness (QED) is 0.752. The van der Waals surface area contributed by atoms with Crippen LogP contribution in [0.2, 0.25) is 0 Å².